The molecule has 6 nitrogen and oxygen atoms in total. The molecule has 1 atom stereocenters. The maximum absolute atomic E-state index is 6.12. The van der Waals surface area contributed by atoms with E-state index < -0.39 is 0 Å². The van der Waals surface area contributed by atoms with Crippen molar-refractivity contribution < 1.29 is 0 Å². The van der Waals surface area contributed by atoms with E-state index in [0.717, 1.165) is 15.7 Å². The van der Waals surface area contributed by atoms with Gasteiger partial charge in [0, 0.05) is 6.20 Å². The van der Waals surface area contributed by atoms with E-state index in [2.05, 4.69) is 34.1 Å². The molecule has 0 aliphatic carbocycles. The number of aromatic nitrogens is 5. The second kappa shape index (κ2) is 4.67. The van der Waals surface area contributed by atoms with Crippen molar-refractivity contribution in [3.63, 3.8) is 0 Å². The Bertz CT molecular complexity index is 687. The van der Waals surface area contributed by atoms with Gasteiger partial charge in [-0.25, -0.2) is 0 Å². The number of nitrogens with two attached hydrogens (primary N) is 1. The van der Waals surface area contributed by atoms with Gasteiger partial charge in [0.25, 0.3) is 0 Å². The molecule has 0 amide bonds. The molecule has 7 heteroatoms. The molecular weight excluding hydrogens is 260 g/mol. The quantitative estimate of drug-likeness (QED) is 0.788. The number of pyridine rings is 1. The summed E-state index contributed by atoms with van der Waals surface area (Å²) in [6, 6.07) is 5.58. The third kappa shape index (κ3) is 2.11. The first-order chi connectivity index (χ1) is 9.16. The third-order valence-electron chi connectivity index (χ3n) is 2.90. The van der Waals surface area contributed by atoms with Crippen LogP contribution in [0.3, 0.4) is 0 Å². The van der Waals surface area contributed by atoms with Crippen molar-refractivity contribution in [3.05, 3.63) is 29.4 Å². The number of hydrogen-bond acceptors (Lipinski definition) is 6. The van der Waals surface area contributed by atoms with Crippen molar-refractivity contribution in [2.45, 2.75) is 19.9 Å². The minimum Gasteiger partial charge on any atom is -0.322 e. The Kier molecular flexibility index (Phi) is 3.00. The van der Waals surface area contributed by atoms with Crippen LogP contribution >= 0.6 is 11.3 Å². The highest BCUT2D eigenvalue weighted by Crippen LogP contribution is 2.26. The topological polar surface area (TPSA) is 82.0 Å². The van der Waals surface area contributed by atoms with Gasteiger partial charge in [-0.1, -0.05) is 31.3 Å². The molecule has 0 saturated carbocycles. The fraction of sp³-hybridized carbons (Fsp3) is 0.333. The lowest BCUT2D eigenvalue weighted by Gasteiger charge is -2.10. The molecular formula is C12H14N6S. The lowest BCUT2D eigenvalue weighted by molar-refractivity contribution is 0.507. The maximum Gasteiger partial charge on any atom is 0.235 e. The number of hydrogen-bond donors (Lipinski definition) is 1. The fourth-order valence-corrected chi connectivity index (χ4v) is 2.72. The van der Waals surface area contributed by atoms with E-state index in [1.165, 1.54) is 11.3 Å². The minimum absolute atomic E-state index is 0.0803. The summed E-state index contributed by atoms with van der Waals surface area (Å²) in [5.41, 5.74) is 6.87. The summed E-state index contributed by atoms with van der Waals surface area (Å²) in [5, 5.41) is 13.6. The Balaban J connectivity index is 2.08. The van der Waals surface area contributed by atoms with Crippen LogP contribution < -0.4 is 5.73 Å². The Morgan fingerprint density at radius 3 is 2.79 bits per heavy atom. The van der Waals surface area contributed by atoms with Gasteiger partial charge in [-0.15, -0.1) is 10.2 Å². The van der Waals surface area contributed by atoms with Crippen molar-refractivity contribution in [2.75, 3.05) is 0 Å². The zero-order chi connectivity index (χ0) is 13.4. The van der Waals surface area contributed by atoms with Crippen molar-refractivity contribution >= 4 is 16.3 Å². The zero-order valence-electron chi connectivity index (χ0n) is 10.7. The Hall–Kier alpha value is -1.86. The summed E-state index contributed by atoms with van der Waals surface area (Å²) in [4.78, 5) is 5.01. The van der Waals surface area contributed by atoms with E-state index in [0.29, 0.717) is 11.7 Å². The average molecular weight is 274 g/mol. The first-order valence-electron chi connectivity index (χ1n) is 6.06. The van der Waals surface area contributed by atoms with Gasteiger partial charge in [0.1, 0.15) is 10.7 Å². The standard InChI is InChI=1S/C12H14N6S/c1-7(2)9(13)11-17-18-10(15-16-12(18)19-11)8-5-3-4-6-14-8/h3-7,9H,13H2,1-2H3. The molecule has 98 valence electrons. The van der Waals surface area contributed by atoms with E-state index in [1.807, 2.05) is 18.2 Å². The Morgan fingerprint density at radius 1 is 1.26 bits per heavy atom. The van der Waals surface area contributed by atoms with Crippen LogP contribution in [0, 0.1) is 5.92 Å². The van der Waals surface area contributed by atoms with Crippen molar-refractivity contribution in [2.24, 2.45) is 11.7 Å². The van der Waals surface area contributed by atoms with E-state index >= 15 is 0 Å². The predicted molar refractivity (Wildman–Crippen MR) is 73.7 cm³/mol. The molecule has 0 aromatic carbocycles. The SMILES string of the molecule is CC(C)C(N)c1nn2c(-c3ccccn3)nnc2s1. The summed E-state index contributed by atoms with van der Waals surface area (Å²) < 4.78 is 1.71. The lowest BCUT2D eigenvalue weighted by atomic mass is 10.1. The molecule has 0 saturated heterocycles. The van der Waals surface area contributed by atoms with Crippen LogP contribution in [0.5, 0.6) is 0 Å². The molecule has 0 spiro atoms. The molecule has 0 bridgehead atoms. The number of rotatable bonds is 3. The monoisotopic (exact) mass is 274 g/mol. The van der Waals surface area contributed by atoms with Gasteiger partial charge >= 0.3 is 0 Å². The van der Waals surface area contributed by atoms with Crippen LogP contribution in [0.2, 0.25) is 0 Å². The highest BCUT2D eigenvalue weighted by Gasteiger charge is 2.19. The van der Waals surface area contributed by atoms with Gasteiger partial charge in [-0.3, -0.25) is 4.98 Å². The van der Waals surface area contributed by atoms with E-state index in [4.69, 9.17) is 5.73 Å². The summed E-state index contributed by atoms with van der Waals surface area (Å²) in [5.74, 6) is 0.983. The largest absolute Gasteiger partial charge is 0.322 e. The van der Waals surface area contributed by atoms with Gasteiger partial charge in [-0.2, -0.15) is 9.61 Å². The first kappa shape index (κ1) is 12.2. The summed E-state index contributed by atoms with van der Waals surface area (Å²) in [6.45, 7) is 4.15. The van der Waals surface area contributed by atoms with Crippen molar-refractivity contribution in [1.82, 2.24) is 24.8 Å². The molecule has 3 heterocycles. The Morgan fingerprint density at radius 2 is 2.11 bits per heavy atom. The minimum atomic E-state index is -0.0803. The van der Waals surface area contributed by atoms with Crippen molar-refractivity contribution in [3.8, 4) is 11.5 Å². The van der Waals surface area contributed by atoms with Gasteiger partial charge in [0.05, 0.1) is 6.04 Å². The van der Waals surface area contributed by atoms with Gasteiger partial charge in [0.2, 0.25) is 10.8 Å². The molecule has 3 aromatic heterocycles. The second-order valence-electron chi connectivity index (χ2n) is 4.64. The van der Waals surface area contributed by atoms with E-state index in [1.54, 1.807) is 10.7 Å². The zero-order valence-corrected chi connectivity index (χ0v) is 11.5. The first-order valence-corrected chi connectivity index (χ1v) is 6.87. The van der Waals surface area contributed by atoms with Crippen LogP contribution in [-0.4, -0.2) is 24.8 Å². The van der Waals surface area contributed by atoms with Crippen LogP contribution in [0.1, 0.15) is 24.9 Å². The Labute approximate surface area is 114 Å². The molecule has 19 heavy (non-hydrogen) atoms. The highest BCUT2D eigenvalue weighted by molar-refractivity contribution is 7.16. The van der Waals surface area contributed by atoms with Gasteiger partial charge in [-0.05, 0) is 18.1 Å². The number of nitrogens with zero attached hydrogens (tertiary/aromatic N) is 5. The average Bonchev–Trinajstić information content (AvgIpc) is 2.98. The maximum atomic E-state index is 6.12. The van der Waals surface area contributed by atoms with E-state index in [9.17, 15) is 0 Å². The third-order valence-corrected chi connectivity index (χ3v) is 3.90. The molecule has 3 rings (SSSR count). The van der Waals surface area contributed by atoms with Crippen LogP contribution in [0.25, 0.3) is 16.5 Å². The van der Waals surface area contributed by atoms with Crippen LogP contribution in [0.4, 0.5) is 0 Å². The summed E-state index contributed by atoms with van der Waals surface area (Å²) in [7, 11) is 0. The number of fused-ring (bicyclic) bond motifs is 1. The molecule has 3 aromatic rings. The molecule has 0 fully saturated rings. The van der Waals surface area contributed by atoms with Gasteiger partial charge in [0.15, 0.2) is 0 Å². The molecule has 1 unspecified atom stereocenters. The smallest absolute Gasteiger partial charge is 0.235 e. The summed E-state index contributed by atoms with van der Waals surface area (Å²) in [6.07, 6.45) is 1.73. The van der Waals surface area contributed by atoms with Gasteiger partial charge < -0.3 is 5.73 Å². The highest BCUT2D eigenvalue weighted by atomic mass is 32.1. The van der Waals surface area contributed by atoms with Crippen LogP contribution in [0.15, 0.2) is 24.4 Å². The predicted octanol–water partition coefficient (Wildman–Crippen LogP) is 1.90. The van der Waals surface area contributed by atoms with Crippen LogP contribution in [-0.2, 0) is 0 Å². The molecule has 2 N–H and O–H groups in total. The second-order valence-corrected chi connectivity index (χ2v) is 5.63. The fourth-order valence-electron chi connectivity index (χ4n) is 1.71. The lowest BCUT2D eigenvalue weighted by Crippen LogP contribution is -2.16. The molecule has 0 aliphatic heterocycles. The summed E-state index contributed by atoms with van der Waals surface area (Å²) >= 11 is 1.47. The van der Waals surface area contributed by atoms with E-state index in [-0.39, 0.29) is 6.04 Å². The molecule has 0 radical (unpaired) electrons. The normalized spacial score (nSPS) is 13.3. The van der Waals surface area contributed by atoms with Crippen molar-refractivity contribution in [1.29, 1.82) is 0 Å². The molecule has 0 aliphatic rings.